The monoisotopic (exact) mass is 1520 g/mol. The van der Waals surface area contributed by atoms with E-state index in [4.69, 9.17) is 37.9 Å². The first-order chi connectivity index (χ1) is 43.6. The minimum absolute atomic E-state index is 0. The van der Waals surface area contributed by atoms with Crippen LogP contribution in [-0.4, -0.2) is 157 Å². The second kappa shape index (κ2) is 30.0. The van der Waals surface area contributed by atoms with Gasteiger partial charge in [0.05, 0.1) is 23.5 Å². The molecule has 2 aromatic heterocycles. The largest absolute Gasteiger partial charge is 1.00 e. The van der Waals surface area contributed by atoms with Crippen LogP contribution < -0.4 is 62.4 Å². The molecule has 2 N–H and O–H groups in total. The average molecular weight is 1520 g/mol. The van der Waals surface area contributed by atoms with E-state index in [1.807, 2.05) is 0 Å². The molecule has 3 amide bonds. The zero-order chi connectivity index (χ0) is 66.6. The predicted octanol–water partition coefficient (Wildman–Crippen LogP) is -0.818. The lowest BCUT2D eigenvalue weighted by atomic mass is 9.44. The molecule has 1 aliphatic heterocycles. The quantitative estimate of drug-likeness (QED) is 0.0336. The summed E-state index contributed by atoms with van der Waals surface area (Å²) >= 11 is 0. The van der Waals surface area contributed by atoms with Crippen molar-refractivity contribution in [3.05, 3.63) is 179 Å². The molecule has 24 nitrogen and oxygen atoms in total. The smallest absolute Gasteiger partial charge is 0.514 e. The molecule has 0 radical (unpaired) electrons. The van der Waals surface area contributed by atoms with Crippen LogP contribution in [-0.2, 0) is 75.1 Å². The number of carbonyl (C=O) groups is 10. The van der Waals surface area contributed by atoms with E-state index in [0.29, 0.717) is 5.56 Å². The summed E-state index contributed by atoms with van der Waals surface area (Å²) in [4.78, 5) is 146. The molecular weight excluding hydrogens is 1440 g/mol. The first-order valence-electron chi connectivity index (χ1n) is 29.9. The number of ether oxygens (including phenoxy) is 8. The Morgan fingerprint density at radius 1 is 0.702 bits per heavy atom. The number of carbonyl (C=O) groups excluding carboxylic acids is 10. The fourth-order valence-corrected chi connectivity index (χ4v) is 13.2. The maximum absolute atomic E-state index is 16.6. The summed E-state index contributed by atoms with van der Waals surface area (Å²) in [6.07, 6.45) is -7.34. The van der Waals surface area contributed by atoms with E-state index in [0.717, 1.165) is 13.8 Å². The summed E-state index contributed by atoms with van der Waals surface area (Å²) in [6, 6.07) is 28.4. The molecule has 1 saturated heterocycles. The summed E-state index contributed by atoms with van der Waals surface area (Å²) in [5, 5.41) is 17.3. The fraction of sp³-hybridized carbons (Fsp3) is 0.412. The van der Waals surface area contributed by atoms with Crippen LogP contribution in [0.25, 0.3) is 0 Å². The highest BCUT2D eigenvalue weighted by Gasteiger charge is 2.79. The number of aromatic nitrogens is 2. The van der Waals surface area contributed by atoms with E-state index in [2.05, 4.69) is 5.32 Å². The maximum Gasteiger partial charge on any atom is 0.514 e. The molecule has 500 valence electrons. The van der Waals surface area contributed by atoms with Crippen molar-refractivity contribution in [3.8, 4) is 0 Å². The molecule has 2 saturated carbocycles. The number of halogens is 2. The average Bonchev–Trinajstić information content (AvgIpc) is 0.669. The second-order valence-electron chi connectivity index (χ2n) is 24.5. The molecule has 94 heavy (non-hydrogen) atoms. The van der Waals surface area contributed by atoms with E-state index in [-0.39, 0.29) is 113 Å². The summed E-state index contributed by atoms with van der Waals surface area (Å²) < 4.78 is 52.7. The number of ketones is 1. The van der Waals surface area contributed by atoms with Gasteiger partial charge in [0.2, 0.25) is 6.10 Å². The van der Waals surface area contributed by atoms with Crippen LogP contribution in [0.15, 0.2) is 151 Å². The van der Waals surface area contributed by atoms with Gasteiger partial charge in [-0.05, 0) is 67.0 Å². The van der Waals surface area contributed by atoms with Crippen LogP contribution in [0, 0.1) is 16.7 Å². The van der Waals surface area contributed by atoms with Crippen molar-refractivity contribution in [1.29, 1.82) is 0 Å². The van der Waals surface area contributed by atoms with E-state index in [1.54, 1.807) is 136 Å². The number of aryl methyl sites for hydroxylation is 1. The lowest BCUT2D eigenvalue weighted by Crippen LogP contribution is -3.00. The van der Waals surface area contributed by atoms with Crippen LogP contribution in [0.2, 0.25) is 0 Å². The summed E-state index contributed by atoms with van der Waals surface area (Å²) in [7, 11) is 6.32. The van der Waals surface area contributed by atoms with E-state index in [1.165, 1.54) is 78.7 Å². The molecule has 5 aromatic rings. The Labute approximate surface area is 577 Å². The number of hydrogen-bond acceptors (Lipinski definition) is 19. The number of Topliss-reactive ketones (excluding diaryl/α,β-unsaturated/α-hetero) is 1. The van der Waals surface area contributed by atoms with Crippen LogP contribution in [0.4, 0.5) is 4.79 Å². The SMILES string of the molecule is CC(=O)O[C@H]1C(=O)[C@]2(C)[C@@H](OC(=O)CC[n+]3cccc(C(=O)N(C)C)c3)C[C@H]3OC[C@@]3(OC(C)=O)[C@H]2[C@H](OC(=O)c2ccccc2)[C@]2(O)C[C@H](OC(=O)[C@H](OC(=O)OC[n+]3cccc(C(=O)N(C)C)c3)[C@@H](NC(=O)c3ccccc3)c3ccccc3)C(C)=C1C2(C)C.[I-].[I-]. The van der Waals surface area contributed by atoms with Crippen LogP contribution in [0.3, 0.4) is 0 Å². The number of aliphatic hydroxyl groups is 1. The molecule has 3 aromatic carbocycles. The second-order valence-corrected chi connectivity index (χ2v) is 24.5. The number of benzene rings is 3. The Balaban J connectivity index is 0.00000625. The zero-order valence-electron chi connectivity index (χ0n) is 53.5. The van der Waals surface area contributed by atoms with E-state index in [9.17, 15) is 43.5 Å². The van der Waals surface area contributed by atoms with Crippen molar-refractivity contribution in [1.82, 2.24) is 15.1 Å². The van der Waals surface area contributed by atoms with Gasteiger partial charge in [0.1, 0.15) is 53.6 Å². The lowest BCUT2D eigenvalue weighted by Gasteiger charge is -2.67. The van der Waals surface area contributed by atoms with Gasteiger partial charge in [-0.1, -0.05) is 80.6 Å². The van der Waals surface area contributed by atoms with E-state index >= 15 is 9.59 Å². The van der Waals surface area contributed by atoms with Crippen molar-refractivity contribution in [2.75, 3.05) is 34.8 Å². The lowest BCUT2D eigenvalue weighted by molar-refractivity contribution is -0.727. The molecule has 0 spiro atoms. The molecule has 0 unspecified atom stereocenters. The molecule has 2 bridgehead atoms. The van der Waals surface area contributed by atoms with Gasteiger partial charge in [0.15, 0.2) is 48.8 Å². The minimum Gasteiger partial charge on any atom is -1.00 e. The number of rotatable bonds is 19. The Hall–Kier alpha value is -8.22. The third kappa shape index (κ3) is 14.8. The van der Waals surface area contributed by atoms with Gasteiger partial charge in [0, 0.05) is 78.0 Å². The van der Waals surface area contributed by atoms with Crippen molar-refractivity contribution < 1.29 is 148 Å². The molecule has 26 heteroatoms. The van der Waals surface area contributed by atoms with Crippen molar-refractivity contribution in [3.63, 3.8) is 0 Å². The highest BCUT2D eigenvalue weighted by Crippen LogP contribution is 2.65. The molecule has 11 atom stereocenters. The van der Waals surface area contributed by atoms with Crippen LogP contribution in [0.5, 0.6) is 0 Å². The minimum atomic E-state index is -2.62. The number of esters is 5. The highest BCUT2D eigenvalue weighted by atomic mass is 127. The predicted molar refractivity (Wildman–Crippen MR) is 321 cm³/mol. The summed E-state index contributed by atoms with van der Waals surface area (Å²) in [6.45, 7) is 7.08. The summed E-state index contributed by atoms with van der Waals surface area (Å²) in [5.41, 5.74) is -7.86. The van der Waals surface area contributed by atoms with Crippen molar-refractivity contribution in [2.45, 2.75) is 128 Å². The number of nitrogens with one attached hydrogen (secondary N) is 1. The van der Waals surface area contributed by atoms with Gasteiger partial charge in [-0.15, -0.1) is 0 Å². The first kappa shape index (κ1) is 73.2. The molecule has 3 aliphatic carbocycles. The van der Waals surface area contributed by atoms with Crippen LogP contribution in [0.1, 0.15) is 114 Å². The standard InChI is InChI=1S/C68H74N5O19.2HI/c1-40-48(88-63(82)55(90-64(83)86-39-73-32-21-29-47(37-73)61(80)71(9)10)53(43-22-14-11-15-23-43)69-59(78)44-24-16-12-17-25-44)35-68(84)58(91-62(81)45-26-18-13-19-27-45)56-66(6,57(77)54(87-41(2)74)52(40)65(68,4)5)49(34-50-67(56,38-85-50)92-42(3)75)89-51(76)30-33-72-31-20-28-46(36-72)60(79)70(7)8;;/h11-29,31-32,36-37,48-50,53-56,58,84H,30,33-35,38-39H2,1-10H3;2*1H/q+1;;/p-1/t48-,49-,50+,53-,54+,55+,56-,58-,66+,67-,68+;;/m0../s1. The normalized spacial score (nSPS) is 24.4. The maximum atomic E-state index is 16.6. The number of hydrogen-bond donors (Lipinski definition) is 2. The van der Waals surface area contributed by atoms with Gasteiger partial charge in [-0.3, -0.25) is 33.6 Å². The van der Waals surface area contributed by atoms with Crippen molar-refractivity contribution >= 4 is 59.5 Å². The zero-order valence-corrected chi connectivity index (χ0v) is 57.8. The van der Waals surface area contributed by atoms with Gasteiger partial charge in [0.25, 0.3) is 24.5 Å². The van der Waals surface area contributed by atoms with Crippen molar-refractivity contribution in [2.24, 2.45) is 16.7 Å². The fourth-order valence-electron chi connectivity index (χ4n) is 13.2. The van der Waals surface area contributed by atoms with Gasteiger partial charge >= 0.3 is 36.0 Å². The van der Waals surface area contributed by atoms with Gasteiger partial charge < -0.3 is 106 Å². The Bertz CT molecular complexity index is 3720. The first-order valence-corrected chi connectivity index (χ1v) is 29.9. The third-order valence-electron chi connectivity index (χ3n) is 17.9. The molecule has 3 fully saturated rings. The number of fused-ring (bicyclic) bond motifs is 5. The number of nitrogens with zero attached hydrogens (tertiary/aromatic N) is 4. The Morgan fingerprint density at radius 2 is 1.26 bits per heavy atom. The van der Waals surface area contributed by atoms with Gasteiger partial charge in [-0.25, -0.2) is 19.0 Å². The number of pyridine rings is 2. The van der Waals surface area contributed by atoms with E-state index < -0.39 is 138 Å². The Kier molecular flexibility index (Phi) is 23.4. The molecule has 4 aliphatic rings. The third-order valence-corrected chi connectivity index (χ3v) is 17.9. The molecular formula is C68H75I2N5O19. The summed E-state index contributed by atoms with van der Waals surface area (Å²) in [5.74, 6) is -9.16. The van der Waals surface area contributed by atoms with Crippen LogP contribution >= 0.6 is 0 Å². The van der Waals surface area contributed by atoms with Gasteiger partial charge in [-0.2, -0.15) is 4.57 Å². The number of amides is 3. The topological polar surface area (TPSA) is 291 Å². The Morgan fingerprint density at radius 3 is 1.81 bits per heavy atom. The highest BCUT2D eigenvalue weighted by molar-refractivity contribution is 5.97. The molecule has 9 rings (SSSR count). The molecule has 3 heterocycles.